The first kappa shape index (κ1) is 15.7. The summed E-state index contributed by atoms with van der Waals surface area (Å²) in [4.78, 5) is 17.7. The molecule has 1 aromatic carbocycles. The first-order valence-corrected chi connectivity index (χ1v) is 8.60. The van der Waals surface area contributed by atoms with Gasteiger partial charge in [-0.2, -0.15) is 0 Å². The molecular weight excluding hydrogens is 300 g/mol. The van der Waals surface area contributed by atoms with E-state index in [-0.39, 0.29) is 5.91 Å². The highest BCUT2D eigenvalue weighted by atomic mass is 32.2. The molecule has 0 aliphatic carbocycles. The van der Waals surface area contributed by atoms with Crippen LogP contribution in [0.15, 0.2) is 65.2 Å². The Balaban J connectivity index is 2.21. The standard InChI is InChI=1S/C16H16N2OS2/c1-3-11-21-14-9-5-4-8-13(14)18-15(19)12-7-6-10-17-16(12)20-2/h3-10H,1,11H2,2H3,(H,18,19). The van der Waals surface area contributed by atoms with E-state index in [4.69, 9.17) is 0 Å². The summed E-state index contributed by atoms with van der Waals surface area (Å²) in [7, 11) is 0. The zero-order chi connectivity index (χ0) is 15.1. The smallest absolute Gasteiger partial charge is 0.258 e. The van der Waals surface area contributed by atoms with Gasteiger partial charge in [-0.25, -0.2) is 4.98 Å². The Labute approximate surface area is 133 Å². The van der Waals surface area contributed by atoms with E-state index in [0.29, 0.717) is 5.56 Å². The van der Waals surface area contributed by atoms with Crippen molar-refractivity contribution in [3.8, 4) is 0 Å². The maximum atomic E-state index is 12.4. The molecule has 0 saturated heterocycles. The van der Waals surface area contributed by atoms with Gasteiger partial charge < -0.3 is 5.32 Å². The molecule has 1 aromatic heterocycles. The fourth-order valence-corrected chi connectivity index (χ4v) is 3.05. The van der Waals surface area contributed by atoms with Crippen molar-refractivity contribution in [2.75, 3.05) is 17.3 Å². The summed E-state index contributed by atoms with van der Waals surface area (Å²) in [6.45, 7) is 3.72. The maximum Gasteiger partial charge on any atom is 0.258 e. The van der Waals surface area contributed by atoms with Crippen LogP contribution in [0, 0.1) is 0 Å². The first-order valence-electron chi connectivity index (χ1n) is 6.39. The third-order valence-corrected chi connectivity index (χ3v) is 4.48. The summed E-state index contributed by atoms with van der Waals surface area (Å²) in [5.41, 5.74) is 1.40. The molecule has 0 bridgehead atoms. The zero-order valence-corrected chi connectivity index (χ0v) is 13.3. The molecule has 0 aliphatic rings. The first-order chi connectivity index (χ1) is 10.3. The number of para-hydroxylation sites is 1. The predicted octanol–water partition coefficient (Wildman–Crippen LogP) is 4.33. The Hall–Kier alpha value is -1.72. The molecule has 1 heterocycles. The van der Waals surface area contributed by atoms with Gasteiger partial charge in [0.2, 0.25) is 0 Å². The van der Waals surface area contributed by atoms with Crippen molar-refractivity contribution >= 4 is 35.1 Å². The van der Waals surface area contributed by atoms with Gasteiger partial charge in [0.05, 0.1) is 11.3 Å². The molecule has 0 fully saturated rings. The lowest BCUT2D eigenvalue weighted by atomic mass is 10.2. The lowest BCUT2D eigenvalue weighted by molar-refractivity contribution is 0.102. The zero-order valence-electron chi connectivity index (χ0n) is 11.7. The lowest BCUT2D eigenvalue weighted by Crippen LogP contribution is -2.14. The van der Waals surface area contributed by atoms with Gasteiger partial charge in [-0.05, 0) is 30.5 Å². The van der Waals surface area contributed by atoms with E-state index in [1.807, 2.05) is 36.6 Å². The Morgan fingerprint density at radius 3 is 2.90 bits per heavy atom. The number of hydrogen-bond donors (Lipinski definition) is 1. The molecule has 0 radical (unpaired) electrons. The third kappa shape index (κ3) is 4.12. The highest BCUT2D eigenvalue weighted by molar-refractivity contribution is 7.99. The average molecular weight is 316 g/mol. The monoisotopic (exact) mass is 316 g/mol. The van der Waals surface area contributed by atoms with Crippen LogP contribution in [0.4, 0.5) is 5.69 Å². The fourth-order valence-electron chi connectivity index (χ4n) is 1.76. The molecule has 0 atom stereocenters. The summed E-state index contributed by atoms with van der Waals surface area (Å²) in [6, 6.07) is 11.3. The number of carbonyl (C=O) groups excluding carboxylic acids is 1. The maximum absolute atomic E-state index is 12.4. The van der Waals surface area contributed by atoms with E-state index in [1.54, 1.807) is 30.1 Å². The summed E-state index contributed by atoms with van der Waals surface area (Å²) in [6.07, 6.45) is 5.44. The number of carbonyl (C=O) groups is 1. The number of amides is 1. The van der Waals surface area contributed by atoms with Gasteiger partial charge >= 0.3 is 0 Å². The van der Waals surface area contributed by atoms with Crippen LogP contribution in [0.1, 0.15) is 10.4 Å². The van der Waals surface area contributed by atoms with Crippen LogP contribution in [0.25, 0.3) is 0 Å². The van der Waals surface area contributed by atoms with Gasteiger partial charge in [0.15, 0.2) is 0 Å². The molecule has 2 aromatic rings. The van der Waals surface area contributed by atoms with Crippen LogP contribution in [0.3, 0.4) is 0 Å². The number of anilines is 1. The van der Waals surface area contributed by atoms with Crippen LogP contribution in [-0.4, -0.2) is 22.9 Å². The summed E-state index contributed by atoms with van der Waals surface area (Å²) in [5.74, 6) is 0.662. The molecule has 0 unspecified atom stereocenters. The van der Waals surface area contributed by atoms with E-state index in [9.17, 15) is 4.79 Å². The number of pyridine rings is 1. The fraction of sp³-hybridized carbons (Fsp3) is 0.125. The number of nitrogens with one attached hydrogen (secondary N) is 1. The van der Waals surface area contributed by atoms with Crippen molar-refractivity contribution in [3.63, 3.8) is 0 Å². The number of benzene rings is 1. The van der Waals surface area contributed by atoms with E-state index in [0.717, 1.165) is 21.4 Å². The van der Waals surface area contributed by atoms with Crippen molar-refractivity contribution in [1.29, 1.82) is 0 Å². The molecule has 1 amide bonds. The summed E-state index contributed by atoms with van der Waals surface area (Å²) >= 11 is 3.10. The van der Waals surface area contributed by atoms with Gasteiger partial charge in [-0.3, -0.25) is 4.79 Å². The molecular formula is C16H16N2OS2. The topological polar surface area (TPSA) is 42.0 Å². The minimum Gasteiger partial charge on any atom is -0.321 e. The quantitative estimate of drug-likeness (QED) is 0.636. The molecule has 2 rings (SSSR count). The largest absolute Gasteiger partial charge is 0.321 e. The van der Waals surface area contributed by atoms with Crippen LogP contribution >= 0.6 is 23.5 Å². The average Bonchev–Trinajstić information content (AvgIpc) is 2.54. The minimum atomic E-state index is -0.140. The van der Waals surface area contributed by atoms with E-state index < -0.39 is 0 Å². The molecule has 108 valence electrons. The highest BCUT2D eigenvalue weighted by Gasteiger charge is 2.13. The van der Waals surface area contributed by atoms with Crippen LogP contribution in [0.5, 0.6) is 0 Å². The summed E-state index contributed by atoms with van der Waals surface area (Å²) in [5, 5.41) is 3.69. The van der Waals surface area contributed by atoms with E-state index in [1.165, 1.54) is 11.8 Å². The van der Waals surface area contributed by atoms with Gasteiger partial charge in [0.1, 0.15) is 5.03 Å². The molecule has 0 spiro atoms. The molecule has 5 heteroatoms. The summed E-state index contributed by atoms with van der Waals surface area (Å²) < 4.78 is 0. The molecule has 3 nitrogen and oxygen atoms in total. The normalized spacial score (nSPS) is 10.1. The lowest BCUT2D eigenvalue weighted by Gasteiger charge is -2.11. The van der Waals surface area contributed by atoms with Crippen LogP contribution < -0.4 is 5.32 Å². The van der Waals surface area contributed by atoms with Gasteiger partial charge in [-0.1, -0.05) is 18.2 Å². The number of thioether (sulfide) groups is 2. The number of hydrogen-bond acceptors (Lipinski definition) is 4. The van der Waals surface area contributed by atoms with E-state index in [2.05, 4.69) is 16.9 Å². The Bertz CT molecular complexity index is 644. The van der Waals surface area contributed by atoms with Crippen molar-refractivity contribution in [1.82, 2.24) is 4.98 Å². The second-order valence-corrected chi connectivity index (χ2v) is 5.97. The van der Waals surface area contributed by atoms with E-state index >= 15 is 0 Å². The van der Waals surface area contributed by atoms with Crippen molar-refractivity contribution in [2.24, 2.45) is 0 Å². The van der Waals surface area contributed by atoms with Gasteiger partial charge in [0, 0.05) is 16.8 Å². The Morgan fingerprint density at radius 2 is 2.14 bits per heavy atom. The highest BCUT2D eigenvalue weighted by Crippen LogP contribution is 2.28. The van der Waals surface area contributed by atoms with Crippen LogP contribution in [0.2, 0.25) is 0 Å². The van der Waals surface area contributed by atoms with Crippen LogP contribution in [-0.2, 0) is 0 Å². The van der Waals surface area contributed by atoms with Crippen molar-refractivity contribution in [3.05, 3.63) is 60.8 Å². The second kappa shape index (κ2) is 7.90. The number of aromatic nitrogens is 1. The van der Waals surface area contributed by atoms with Crippen molar-refractivity contribution in [2.45, 2.75) is 9.92 Å². The van der Waals surface area contributed by atoms with Gasteiger partial charge in [0.25, 0.3) is 5.91 Å². The SMILES string of the molecule is C=CCSc1ccccc1NC(=O)c1cccnc1SC. The predicted molar refractivity (Wildman–Crippen MR) is 91.3 cm³/mol. The minimum absolute atomic E-state index is 0.140. The van der Waals surface area contributed by atoms with Gasteiger partial charge in [-0.15, -0.1) is 30.1 Å². The Morgan fingerprint density at radius 1 is 1.33 bits per heavy atom. The number of rotatable bonds is 6. The van der Waals surface area contributed by atoms with Crippen molar-refractivity contribution < 1.29 is 4.79 Å². The Kier molecular flexibility index (Phi) is 5.90. The second-order valence-electron chi connectivity index (χ2n) is 4.11. The molecule has 1 N–H and O–H groups in total. The number of nitrogens with zero attached hydrogens (tertiary/aromatic N) is 1. The molecule has 0 aliphatic heterocycles. The molecule has 0 saturated carbocycles. The molecule has 21 heavy (non-hydrogen) atoms. The third-order valence-electron chi connectivity index (χ3n) is 2.70.